The molecule has 0 unspecified atom stereocenters. The van der Waals surface area contributed by atoms with Crippen molar-refractivity contribution < 1.29 is 0 Å². The molecule has 4 nitrogen and oxygen atoms in total. The van der Waals surface area contributed by atoms with E-state index in [4.69, 9.17) is 5.73 Å². The second-order valence-corrected chi connectivity index (χ2v) is 3.76. The quantitative estimate of drug-likeness (QED) is 0.771. The molecule has 1 aromatic heterocycles. The molecule has 0 saturated heterocycles. The Morgan fingerprint density at radius 1 is 1.25 bits per heavy atom. The lowest BCUT2D eigenvalue weighted by molar-refractivity contribution is 0.742. The van der Waals surface area contributed by atoms with E-state index in [9.17, 15) is 0 Å². The average molecular weight is 216 g/mol. The third-order valence-corrected chi connectivity index (χ3v) is 2.52. The fourth-order valence-electron chi connectivity index (χ4n) is 1.67. The van der Waals surface area contributed by atoms with Crippen molar-refractivity contribution in [1.29, 1.82) is 0 Å². The number of aryl methyl sites for hydroxylation is 1. The van der Waals surface area contributed by atoms with Crippen molar-refractivity contribution in [1.82, 2.24) is 15.0 Å². The number of nitrogens with zero attached hydrogens (tertiary/aromatic N) is 3. The molecule has 0 atom stereocenters. The van der Waals surface area contributed by atoms with Crippen LogP contribution in [0.5, 0.6) is 0 Å². The maximum absolute atomic E-state index is 5.48. The predicted molar refractivity (Wildman–Crippen MR) is 63.4 cm³/mol. The fraction of sp³-hybridized carbons (Fsp3) is 0.333. The molecule has 0 saturated carbocycles. The van der Waals surface area contributed by atoms with Crippen molar-refractivity contribution in [2.45, 2.75) is 19.3 Å². The lowest BCUT2D eigenvalue weighted by Gasteiger charge is -2.04. The highest BCUT2D eigenvalue weighted by atomic mass is 15.4. The molecule has 16 heavy (non-hydrogen) atoms. The van der Waals surface area contributed by atoms with Crippen molar-refractivity contribution >= 4 is 0 Å². The first-order valence-electron chi connectivity index (χ1n) is 5.56. The summed E-state index contributed by atoms with van der Waals surface area (Å²) < 4.78 is 1.77. The van der Waals surface area contributed by atoms with Gasteiger partial charge in [-0.1, -0.05) is 17.3 Å². The number of hydrogen-bond acceptors (Lipinski definition) is 3. The molecule has 0 fully saturated rings. The third-order valence-electron chi connectivity index (χ3n) is 2.52. The zero-order valence-electron chi connectivity index (χ0n) is 9.21. The van der Waals surface area contributed by atoms with Crippen molar-refractivity contribution in [3.05, 3.63) is 42.2 Å². The zero-order chi connectivity index (χ0) is 11.2. The molecule has 2 N–H and O–H groups in total. The van der Waals surface area contributed by atoms with E-state index in [-0.39, 0.29) is 0 Å². The standard InChI is InChI=1S/C12H16N4/c13-7-2-1-4-11-5-3-6-12(10-11)16-9-8-14-15-16/h3,5-6,8-10H,1-2,4,7,13H2. The van der Waals surface area contributed by atoms with E-state index in [1.54, 1.807) is 10.9 Å². The largest absolute Gasteiger partial charge is 0.330 e. The van der Waals surface area contributed by atoms with Crippen LogP contribution in [0.2, 0.25) is 0 Å². The Kier molecular flexibility index (Phi) is 3.66. The van der Waals surface area contributed by atoms with Gasteiger partial charge in [-0.3, -0.25) is 0 Å². The molecule has 0 radical (unpaired) electrons. The first-order valence-corrected chi connectivity index (χ1v) is 5.56. The van der Waals surface area contributed by atoms with Crippen LogP contribution in [0.3, 0.4) is 0 Å². The van der Waals surface area contributed by atoms with Crippen molar-refractivity contribution in [3.63, 3.8) is 0 Å². The fourth-order valence-corrected chi connectivity index (χ4v) is 1.67. The van der Waals surface area contributed by atoms with Gasteiger partial charge in [-0.05, 0) is 43.5 Å². The summed E-state index contributed by atoms with van der Waals surface area (Å²) in [6.45, 7) is 0.767. The van der Waals surface area contributed by atoms with Gasteiger partial charge in [0, 0.05) is 0 Å². The predicted octanol–water partition coefficient (Wildman–Crippen LogP) is 1.55. The maximum atomic E-state index is 5.48. The summed E-state index contributed by atoms with van der Waals surface area (Å²) in [5.41, 5.74) is 7.86. The van der Waals surface area contributed by atoms with Crippen LogP contribution >= 0.6 is 0 Å². The molecule has 1 aromatic carbocycles. The molecule has 0 aliphatic carbocycles. The Hall–Kier alpha value is -1.68. The summed E-state index contributed by atoms with van der Waals surface area (Å²) in [5, 5.41) is 7.77. The molecule has 1 heterocycles. The molecule has 0 aliphatic rings. The molecule has 84 valence electrons. The minimum absolute atomic E-state index is 0.767. The molecule has 0 bridgehead atoms. The minimum Gasteiger partial charge on any atom is -0.330 e. The summed E-state index contributed by atoms with van der Waals surface area (Å²) in [6, 6.07) is 8.36. The number of aromatic nitrogens is 3. The van der Waals surface area contributed by atoms with Crippen LogP contribution in [-0.2, 0) is 6.42 Å². The van der Waals surface area contributed by atoms with E-state index in [2.05, 4.69) is 28.5 Å². The highest BCUT2D eigenvalue weighted by molar-refractivity contribution is 5.34. The molecule has 0 aliphatic heterocycles. The highest BCUT2D eigenvalue weighted by Gasteiger charge is 1.98. The second kappa shape index (κ2) is 5.42. The average Bonchev–Trinajstić information content (AvgIpc) is 2.83. The maximum Gasteiger partial charge on any atom is 0.0697 e. The van der Waals surface area contributed by atoms with Gasteiger partial charge >= 0.3 is 0 Å². The molecule has 2 rings (SSSR count). The Bertz CT molecular complexity index is 422. The van der Waals surface area contributed by atoms with Crippen LogP contribution in [0.4, 0.5) is 0 Å². The Morgan fingerprint density at radius 2 is 2.19 bits per heavy atom. The van der Waals surface area contributed by atoms with E-state index in [0.717, 1.165) is 31.5 Å². The van der Waals surface area contributed by atoms with Gasteiger partial charge in [0.25, 0.3) is 0 Å². The van der Waals surface area contributed by atoms with Gasteiger partial charge < -0.3 is 5.73 Å². The van der Waals surface area contributed by atoms with E-state index in [1.807, 2.05) is 12.3 Å². The Balaban J connectivity index is 2.08. The van der Waals surface area contributed by atoms with E-state index < -0.39 is 0 Å². The van der Waals surface area contributed by atoms with Crippen molar-refractivity contribution in [2.24, 2.45) is 5.73 Å². The molecule has 0 spiro atoms. The number of unbranched alkanes of at least 4 members (excludes halogenated alkanes) is 1. The zero-order valence-corrected chi connectivity index (χ0v) is 9.21. The number of rotatable bonds is 5. The van der Waals surface area contributed by atoms with Gasteiger partial charge in [0.1, 0.15) is 0 Å². The lowest BCUT2D eigenvalue weighted by Crippen LogP contribution is -2.00. The van der Waals surface area contributed by atoms with Gasteiger partial charge in [0.2, 0.25) is 0 Å². The highest BCUT2D eigenvalue weighted by Crippen LogP contribution is 2.11. The topological polar surface area (TPSA) is 56.7 Å². The third kappa shape index (κ3) is 2.67. The minimum atomic E-state index is 0.767. The molecule has 2 aromatic rings. The molecular formula is C12H16N4. The summed E-state index contributed by atoms with van der Waals surface area (Å²) >= 11 is 0. The SMILES string of the molecule is NCCCCc1cccc(-n2ccnn2)c1. The molecule has 0 amide bonds. The summed E-state index contributed by atoms with van der Waals surface area (Å²) in [7, 11) is 0. The number of nitrogens with two attached hydrogens (primary N) is 1. The van der Waals surface area contributed by atoms with Crippen LogP contribution in [-0.4, -0.2) is 21.5 Å². The van der Waals surface area contributed by atoms with Crippen LogP contribution in [0.1, 0.15) is 18.4 Å². The van der Waals surface area contributed by atoms with Crippen molar-refractivity contribution in [2.75, 3.05) is 6.54 Å². The Morgan fingerprint density at radius 3 is 2.94 bits per heavy atom. The second-order valence-electron chi connectivity index (χ2n) is 3.76. The summed E-state index contributed by atoms with van der Waals surface area (Å²) in [4.78, 5) is 0. The van der Waals surface area contributed by atoms with E-state index >= 15 is 0 Å². The van der Waals surface area contributed by atoms with Crippen LogP contribution in [0.25, 0.3) is 5.69 Å². The summed E-state index contributed by atoms with van der Waals surface area (Å²) in [6.07, 6.45) is 6.81. The summed E-state index contributed by atoms with van der Waals surface area (Å²) in [5.74, 6) is 0. The van der Waals surface area contributed by atoms with Crippen molar-refractivity contribution in [3.8, 4) is 5.69 Å². The van der Waals surface area contributed by atoms with Gasteiger partial charge in [-0.2, -0.15) is 0 Å². The van der Waals surface area contributed by atoms with Crippen LogP contribution < -0.4 is 5.73 Å². The first kappa shape index (κ1) is 10.8. The Labute approximate surface area is 95.1 Å². The van der Waals surface area contributed by atoms with Gasteiger partial charge in [0.05, 0.1) is 18.1 Å². The number of hydrogen-bond donors (Lipinski definition) is 1. The molecule has 4 heteroatoms. The van der Waals surface area contributed by atoms with E-state index in [0.29, 0.717) is 0 Å². The van der Waals surface area contributed by atoms with Crippen LogP contribution in [0.15, 0.2) is 36.7 Å². The number of benzene rings is 1. The lowest BCUT2D eigenvalue weighted by atomic mass is 10.1. The first-order chi connectivity index (χ1) is 7.90. The van der Waals surface area contributed by atoms with Gasteiger partial charge in [0.15, 0.2) is 0 Å². The monoisotopic (exact) mass is 216 g/mol. The normalized spacial score (nSPS) is 10.6. The van der Waals surface area contributed by atoms with E-state index in [1.165, 1.54) is 5.56 Å². The van der Waals surface area contributed by atoms with Gasteiger partial charge in [-0.25, -0.2) is 4.68 Å². The van der Waals surface area contributed by atoms with Gasteiger partial charge in [-0.15, -0.1) is 5.10 Å². The van der Waals surface area contributed by atoms with Crippen LogP contribution in [0, 0.1) is 0 Å². The molecular weight excluding hydrogens is 200 g/mol. The smallest absolute Gasteiger partial charge is 0.0697 e.